The molecule has 150 valence electrons. The molecule has 0 unspecified atom stereocenters. The summed E-state index contributed by atoms with van der Waals surface area (Å²) in [5.41, 5.74) is 3.90. The van der Waals surface area contributed by atoms with Crippen LogP contribution in [0, 0.1) is 0 Å². The molecular weight excluding hydrogens is 350 g/mol. The van der Waals surface area contributed by atoms with E-state index in [2.05, 4.69) is 22.3 Å². The van der Waals surface area contributed by atoms with Gasteiger partial charge in [0.15, 0.2) is 11.5 Å². The zero-order valence-electron chi connectivity index (χ0n) is 16.9. The molecule has 1 aromatic heterocycles. The first kappa shape index (κ1) is 18.0. The van der Waals surface area contributed by atoms with E-state index in [1.165, 1.54) is 61.7 Å². The van der Waals surface area contributed by atoms with Crippen LogP contribution in [0.15, 0.2) is 12.1 Å². The summed E-state index contributed by atoms with van der Waals surface area (Å²) in [5, 5.41) is 4.88. The quantitative estimate of drug-likeness (QED) is 0.696. The molecule has 28 heavy (non-hydrogen) atoms. The Labute approximate surface area is 167 Å². The van der Waals surface area contributed by atoms with Gasteiger partial charge in [0.05, 0.1) is 19.2 Å². The van der Waals surface area contributed by atoms with Gasteiger partial charge in [-0.15, -0.1) is 0 Å². The van der Waals surface area contributed by atoms with Gasteiger partial charge < -0.3 is 19.7 Å². The molecule has 2 heterocycles. The molecule has 1 N–H and O–H groups in total. The number of rotatable bonds is 8. The van der Waals surface area contributed by atoms with E-state index < -0.39 is 0 Å². The highest BCUT2D eigenvalue weighted by atomic mass is 16.5. The highest BCUT2D eigenvalue weighted by Crippen LogP contribution is 2.40. The van der Waals surface area contributed by atoms with Crippen molar-refractivity contribution in [2.75, 3.05) is 38.7 Å². The Morgan fingerprint density at radius 3 is 2.68 bits per heavy atom. The van der Waals surface area contributed by atoms with Crippen molar-refractivity contribution in [2.24, 2.45) is 0 Å². The number of ether oxygens (including phenoxy) is 2. The molecular formula is C23H31N3O2. The molecule has 0 radical (unpaired) electrons. The van der Waals surface area contributed by atoms with Crippen LogP contribution < -0.4 is 14.8 Å². The number of nitrogens with one attached hydrogen (secondary N) is 1. The number of pyridine rings is 1. The van der Waals surface area contributed by atoms with Gasteiger partial charge in [-0.1, -0.05) is 0 Å². The number of benzene rings is 1. The fraction of sp³-hybridized carbons (Fsp3) is 0.609. The molecule has 5 nitrogen and oxygen atoms in total. The lowest BCUT2D eigenvalue weighted by Gasteiger charge is -2.17. The van der Waals surface area contributed by atoms with E-state index >= 15 is 0 Å². The zero-order valence-corrected chi connectivity index (χ0v) is 16.9. The lowest BCUT2D eigenvalue weighted by Crippen LogP contribution is -2.21. The van der Waals surface area contributed by atoms with Crippen molar-refractivity contribution in [1.82, 2.24) is 9.88 Å². The SMILES string of the molecule is COc1cc2c3c(c(NC4CC4)nc2cc1OCCCN1CCCC1)CCC3. The van der Waals surface area contributed by atoms with Gasteiger partial charge >= 0.3 is 0 Å². The van der Waals surface area contributed by atoms with Crippen LogP contribution in [-0.2, 0) is 12.8 Å². The molecule has 2 aromatic rings. The molecule has 0 amide bonds. The third kappa shape index (κ3) is 3.64. The van der Waals surface area contributed by atoms with E-state index in [1.807, 2.05) is 0 Å². The average Bonchev–Trinajstić information content (AvgIpc) is 3.18. The Morgan fingerprint density at radius 1 is 1.07 bits per heavy atom. The molecule has 1 aliphatic heterocycles. The second kappa shape index (κ2) is 7.78. The standard InChI is InChI=1S/C23H31N3O2/c1-27-21-14-19-17-6-4-7-18(17)23(24-16-8-9-16)25-20(19)15-22(21)28-13-5-12-26-10-2-3-11-26/h14-16H,2-13H2,1H3,(H,24,25). The molecule has 1 aromatic carbocycles. The predicted molar refractivity (Wildman–Crippen MR) is 113 cm³/mol. The van der Waals surface area contributed by atoms with E-state index in [1.54, 1.807) is 7.11 Å². The van der Waals surface area contributed by atoms with Gasteiger partial charge in [0.25, 0.3) is 0 Å². The van der Waals surface area contributed by atoms with Crippen molar-refractivity contribution < 1.29 is 9.47 Å². The molecule has 5 rings (SSSR count). The molecule has 0 spiro atoms. The fourth-order valence-electron chi connectivity index (χ4n) is 4.66. The van der Waals surface area contributed by atoms with Gasteiger partial charge in [0.1, 0.15) is 5.82 Å². The van der Waals surface area contributed by atoms with Crippen LogP contribution in [0.25, 0.3) is 10.9 Å². The molecule has 1 saturated heterocycles. The fourth-order valence-corrected chi connectivity index (χ4v) is 4.66. The number of nitrogens with zero attached hydrogens (tertiary/aromatic N) is 2. The van der Waals surface area contributed by atoms with Gasteiger partial charge in [-0.05, 0) is 81.6 Å². The summed E-state index contributed by atoms with van der Waals surface area (Å²) in [6, 6.07) is 4.85. The summed E-state index contributed by atoms with van der Waals surface area (Å²) in [6.07, 6.45) is 9.74. The summed E-state index contributed by atoms with van der Waals surface area (Å²) in [4.78, 5) is 7.53. The minimum Gasteiger partial charge on any atom is -0.493 e. The predicted octanol–water partition coefficient (Wildman–Crippen LogP) is 4.17. The molecule has 3 aliphatic rings. The maximum Gasteiger partial charge on any atom is 0.163 e. The van der Waals surface area contributed by atoms with Crippen LogP contribution in [0.4, 0.5) is 5.82 Å². The minimum atomic E-state index is 0.620. The normalized spacial score (nSPS) is 19.2. The van der Waals surface area contributed by atoms with Crippen LogP contribution in [0.2, 0.25) is 0 Å². The lowest BCUT2D eigenvalue weighted by molar-refractivity contribution is 0.254. The summed E-state index contributed by atoms with van der Waals surface area (Å²) in [5.74, 6) is 2.75. The maximum atomic E-state index is 6.14. The number of fused-ring (bicyclic) bond motifs is 3. The van der Waals surface area contributed by atoms with Gasteiger partial charge in [-0.25, -0.2) is 4.98 Å². The van der Waals surface area contributed by atoms with Crippen molar-refractivity contribution in [3.8, 4) is 11.5 Å². The minimum absolute atomic E-state index is 0.620. The number of anilines is 1. The number of methoxy groups -OCH3 is 1. The molecule has 2 fully saturated rings. The summed E-state index contributed by atoms with van der Waals surface area (Å²) in [7, 11) is 1.73. The number of hydrogen-bond donors (Lipinski definition) is 1. The molecule has 5 heteroatoms. The monoisotopic (exact) mass is 381 g/mol. The third-order valence-corrected chi connectivity index (χ3v) is 6.34. The Bertz CT molecular complexity index is 857. The van der Waals surface area contributed by atoms with Crippen molar-refractivity contribution in [3.63, 3.8) is 0 Å². The first-order valence-electron chi connectivity index (χ1n) is 11.0. The van der Waals surface area contributed by atoms with Crippen LogP contribution in [-0.4, -0.2) is 49.3 Å². The number of aromatic nitrogens is 1. The van der Waals surface area contributed by atoms with Gasteiger partial charge in [0.2, 0.25) is 0 Å². The van der Waals surface area contributed by atoms with Crippen molar-refractivity contribution in [2.45, 2.75) is 57.4 Å². The molecule has 0 atom stereocenters. The Kier molecular flexibility index (Phi) is 5.02. The van der Waals surface area contributed by atoms with Crippen molar-refractivity contribution in [1.29, 1.82) is 0 Å². The van der Waals surface area contributed by atoms with E-state index in [4.69, 9.17) is 14.5 Å². The molecule has 2 aliphatic carbocycles. The van der Waals surface area contributed by atoms with Crippen LogP contribution in [0.3, 0.4) is 0 Å². The third-order valence-electron chi connectivity index (χ3n) is 6.34. The van der Waals surface area contributed by atoms with E-state index in [9.17, 15) is 0 Å². The topological polar surface area (TPSA) is 46.6 Å². The second-order valence-corrected chi connectivity index (χ2v) is 8.46. The highest BCUT2D eigenvalue weighted by Gasteiger charge is 2.26. The second-order valence-electron chi connectivity index (χ2n) is 8.46. The molecule has 1 saturated carbocycles. The van der Waals surface area contributed by atoms with Gasteiger partial charge in [0, 0.05) is 24.0 Å². The summed E-state index contributed by atoms with van der Waals surface area (Å²) in [6.45, 7) is 4.32. The Hall–Kier alpha value is -2.01. The Morgan fingerprint density at radius 2 is 1.89 bits per heavy atom. The van der Waals surface area contributed by atoms with E-state index in [-0.39, 0.29) is 0 Å². The first-order valence-corrected chi connectivity index (χ1v) is 11.0. The lowest BCUT2D eigenvalue weighted by atomic mass is 10.0. The van der Waals surface area contributed by atoms with Crippen molar-refractivity contribution in [3.05, 3.63) is 23.3 Å². The van der Waals surface area contributed by atoms with Crippen LogP contribution >= 0.6 is 0 Å². The maximum absolute atomic E-state index is 6.14. The zero-order chi connectivity index (χ0) is 18.9. The van der Waals surface area contributed by atoms with Crippen LogP contribution in [0.5, 0.6) is 11.5 Å². The smallest absolute Gasteiger partial charge is 0.163 e. The number of aryl methyl sites for hydroxylation is 1. The summed E-state index contributed by atoms with van der Waals surface area (Å²) < 4.78 is 11.8. The van der Waals surface area contributed by atoms with Gasteiger partial charge in [-0.2, -0.15) is 0 Å². The van der Waals surface area contributed by atoms with Crippen molar-refractivity contribution >= 4 is 16.7 Å². The highest BCUT2D eigenvalue weighted by molar-refractivity contribution is 5.89. The number of likely N-dealkylation sites (tertiary alicyclic amines) is 1. The Balaban J connectivity index is 1.38. The van der Waals surface area contributed by atoms with Crippen LogP contribution in [0.1, 0.15) is 49.7 Å². The van der Waals surface area contributed by atoms with E-state index in [0.29, 0.717) is 6.04 Å². The van der Waals surface area contributed by atoms with E-state index in [0.717, 1.165) is 55.2 Å². The average molecular weight is 382 g/mol. The first-order chi connectivity index (χ1) is 13.8. The number of hydrogen-bond acceptors (Lipinski definition) is 5. The molecule has 0 bridgehead atoms. The summed E-state index contributed by atoms with van der Waals surface area (Å²) >= 11 is 0. The largest absolute Gasteiger partial charge is 0.493 e. The van der Waals surface area contributed by atoms with Gasteiger partial charge in [-0.3, -0.25) is 0 Å².